The predicted octanol–water partition coefficient (Wildman–Crippen LogP) is 0.573. The van der Waals surface area contributed by atoms with Crippen LogP contribution >= 0.6 is 0 Å². The molecule has 19 heavy (non-hydrogen) atoms. The molecule has 1 aliphatic carbocycles. The van der Waals surface area contributed by atoms with Gasteiger partial charge in [0.05, 0.1) is 6.26 Å². The van der Waals surface area contributed by atoms with Crippen LogP contribution in [0.3, 0.4) is 0 Å². The Labute approximate surface area is 116 Å². The fraction of sp³-hybridized carbons (Fsp3) is 0.846. The minimum Gasteiger partial charge on any atom is -0.306 e. The van der Waals surface area contributed by atoms with Crippen molar-refractivity contribution in [2.75, 3.05) is 26.4 Å². The van der Waals surface area contributed by atoms with Crippen molar-refractivity contribution in [2.45, 2.75) is 26.3 Å². The van der Waals surface area contributed by atoms with Gasteiger partial charge in [-0.15, -0.1) is 0 Å². The summed E-state index contributed by atoms with van der Waals surface area (Å²) >= 11 is 0. The maximum atomic E-state index is 11.3. The van der Waals surface area contributed by atoms with Crippen LogP contribution in [0.2, 0.25) is 0 Å². The zero-order chi connectivity index (χ0) is 14.2. The lowest BCUT2D eigenvalue weighted by molar-refractivity contribution is 0.256. The number of nitrogens with one attached hydrogen (secondary N) is 2. The van der Waals surface area contributed by atoms with Crippen LogP contribution in [-0.4, -0.2) is 45.8 Å². The number of rotatable bonds is 4. The maximum Gasteiger partial charge on any atom is 0.221 e. The third-order valence-electron chi connectivity index (χ3n) is 4.38. The Kier molecular flexibility index (Phi) is 4.35. The summed E-state index contributed by atoms with van der Waals surface area (Å²) < 4.78 is 22.6. The summed E-state index contributed by atoms with van der Waals surface area (Å²) in [7, 11) is -1.08. The number of allylic oxidation sites excluding steroid dienone is 1. The summed E-state index contributed by atoms with van der Waals surface area (Å²) in [5.41, 5.74) is 4.36. The van der Waals surface area contributed by atoms with Crippen molar-refractivity contribution >= 4 is 10.0 Å². The standard InChI is InChI=1S/C13H25N3O2S/c1-5-10-6-9(2)11-7-16(3)8-12(11)13(10)14-15-19(4,17)18/h6,9,11-15H,5,7-8H2,1-4H3/t9-,11-,12-,13+/m0/s1. The lowest BCUT2D eigenvalue weighted by atomic mass is 9.72. The summed E-state index contributed by atoms with van der Waals surface area (Å²) in [5, 5.41) is 0. The summed E-state index contributed by atoms with van der Waals surface area (Å²) in [6.07, 6.45) is 4.46. The molecular weight excluding hydrogens is 262 g/mol. The van der Waals surface area contributed by atoms with Crippen LogP contribution in [0.25, 0.3) is 0 Å². The smallest absolute Gasteiger partial charge is 0.221 e. The SMILES string of the molecule is CCC1=C[C@H](C)[C@@H]2CN(C)C[C@@H]2[C@@H]1NNS(C)(=O)=O. The number of hydrogen-bond donors (Lipinski definition) is 2. The molecular formula is C13H25N3O2S. The molecule has 0 radical (unpaired) electrons. The molecule has 1 heterocycles. The van der Waals surface area contributed by atoms with Gasteiger partial charge in [-0.05, 0) is 31.2 Å². The van der Waals surface area contributed by atoms with Crippen molar-refractivity contribution in [3.8, 4) is 0 Å². The largest absolute Gasteiger partial charge is 0.306 e. The minimum absolute atomic E-state index is 0.117. The van der Waals surface area contributed by atoms with Crippen LogP contribution < -0.4 is 10.3 Å². The number of nitrogens with zero attached hydrogens (tertiary/aromatic N) is 1. The molecule has 4 atom stereocenters. The van der Waals surface area contributed by atoms with Crippen LogP contribution in [0.5, 0.6) is 0 Å². The Balaban J connectivity index is 2.19. The van der Waals surface area contributed by atoms with Crippen molar-refractivity contribution in [3.05, 3.63) is 11.6 Å². The molecule has 0 bridgehead atoms. The van der Waals surface area contributed by atoms with Gasteiger partial charge in [-0.1, -0.05) is 25.5 Å². The van der Waals surface area contributed by atoms with E-state index in [-0.39, 0.29) is 6.04 Å². The number of fused-ring (bicyclic) bond motifs is 1. The van der Waals surface area contributed by atoms with Crippen LogP contribution in [0.4, 0.5) is 0 Å². The van der Waals surface area contributed by atoms with Crippen molar-refractivity contribution in [3.63, 3.8) is 0 Å². The lowest BCUT2D eigenvalue weighted by Crippen LogP contribution is -2.52. The van der Waals surface area contributed by atoms with E-state index in [9.17, 15) is 8.42 Å². The molecule has 1 aliphatic heterocycles. The molecule has 0 aromatic heterocycles. The van der Waals surface area contributed by atoms with Crippen molar-refractivity contribution in [1.82, 2.24) is 15.2 Å². The molecule has 2 N–H and O–H groups in total. The number of likely N-dealkylation sites (tertiary alicyclic amines) is 1. The number of hydrogen-bond acceptors (Lipinski definition) is 4. The van der Waals surface area contributed by atoms with Gasteiger partial charge in [0.1, 0.15) is 0 Å². The molecule has 2 aliphatic rings. The van der Waals surface area contributed by atoms with Crippen molar-refractivity contribution < 1.29 is 8.42 Å². The fourth-order valence-corrected chi connectivity index (χ4v) is 3.86. The Morgan fingerprint density at radius 1 is 1.37 bits per heavy atom. The van der Waals surface area contributed by atoms with E-state index < -0.39 is 10.0 Å². The quantitative estimate of drug-likeness (QED) is 0.586. The molecule has 0 spiro atoms. The van der Waals surface area contributed by atoms with E-state index in [0.717, 1.165) is 19.5 Å². The first kappa shape index (κ1) is 15.0. The predicted molar refractivity (Wildman–Crippen MR) is 76.9 cm³/mol. The topological polar surface area (TPSA) is 61.4 Å². The number of hydrazine groups is 1. The van der Waals surface area contributed by atoms with Gasteiger partial charge in [-0.3, -0.25) is 0 Å². The van der Waals surface area contributed by atoms with E-state index in [1.807, 2.05) is 0 Å². The average Bonchev–Trinajstić information content (AvgIpc) is 2.68. The van der Waals surface area contributed by atoms with Gasteiger partial charge < -0.3 is 4.90 Å². The van der Waals surface area contributed by atoms with Crippen LogP contribution in [0, 0.1) is 17.8 Å². The number of sulfonamides is 1. The Bertz CT molecular complexity index is 461. The highest BCUT2D eigenvalue weighted by atomic mass is 32.2. The second-order valence-electron chi connectivity index (χ2n) is 6.00. The lowest BCUT2D eigenvalue weighted by Gasteiger charge is -2.37. The molecule has 110 valence electrons. The van der Waals surface area contributed by atoms with Gasteiger partial charge in [-0.25, -0.2) is 13.8 Å². The summed E-state index contributed by atoms with van der Waals surface area (Å²) in [4.78, 5) is 4.80. The van der Waals surface area contributed by atoms with E-state index in [1.54, 1.807) is 0 Å². The Morgan fingerprint density at radius 3 is 2.58 bits per heavy atom. The van der Waals surface area contributed by atoms with Gasteiger partial charge in [0.2, 0.25) is 10.0 Å². The van der Waals surface area contributed by atoms with Crippen molar-refractivity contribution in [2.24, 2.45) is 17.8 Å². The Hall–Kier alpha value is -0.430. The highest BCUT2D eigenvalue weighted by Crippen LogP contribution is 2.39. The first-order valence-electron chi connectivity index (χ1n) is 6.93. The Morgan fingerprint density at radius 2 is 2.00 bits per heavy atom. The molecule has 0 aromatic rings. The molecule has 0 saturated carbocycles. The molecule has 2 rings (SSSR count). The van der Waals surface area contributed by atoms with Gasteiger partial charge in [-0.2, -0.15) is 4.83 Å². The second-order valence-corrected chi connectivity index (χ2v) is 7.75. The maximum absolute atomic E-state index is 11.3. The van der Waals surface area contributed by atoms with E-state index in [2.05, 4.69) is 42.1 Å². The fourth-order valence-electron chi connectivity index (χ4n) is 3.52. The molecule has 5 nitrogen and oxygen atoms in total. The highest BCUT2D eigenvalue weighted by molar-refractivity contribution is 7.88. The third-order valence-corrected chi connectivity index (χ3v) is 4.87. The minimum atomic E-state index is -3.21. The monoisotopic (exact) mass is 287 g/mol. The molecule has 0 aromatic carbocycles. The van der Waals surface area contributed by atoms with Gasteiger partial charge in [0.25, 0.3) is 0 Å². The molecule has 0 unspecified atom stereocenters. The molecule has 6 heteroatoms. The normalized spacial score (nSPS) is 36.1. The third kappa shape index (κ3) is 3.37. The second kappa shape index (κ2) is 5.52. The summed E-state index contributed by atoms with van der Waals surface area (Å²) in [6, 6.07) is 0.117. The van der Waals surface area contributed by atoms with Crippen LogP contribution in [0.1, 0.15) is 20.3 Å². The van der Waals surface area contributed by atoms with Crippen molar-refractivity contribution in [1.29, 1.82) is 0 Å². The first-order chi connectivity index (χ1) is 8.81. The summed E-state index contributed by atoms with van der Waals surface area (Å²) in [6.45, 7) is 6.52. The van der Waals surface area contributed by atoms with Gasteiger partial charge in [0, 0.05) is 19.1 Å². The average molecular weight is 287 g/mol. The summed E-state index contributed by atoms with van der Waals surface area (Å²) in [5.74, 6) is 1.66. The highest BCUT2D eigenvalue weighted by Gasteiger charge is 2.42. The van der Waals surface area contributed by atoms with E-state index in [1.165, 1.54) is 11.8 Å². The zero-order valence-corrected chi connectivity index (χ0v) is 13.0. The molecule has 1 fully saturated rings. The zero-order valence-electron chi connectivity index (χ0n) is 12.2. The van der Waals surface area contributed by atoms with Crippen LogP contribution in [0.15, 0.2) is 11.6 Å². The van der Waals surface area contributed by atoms with E-state index in [4.69, 9.17) is 0 Å². The molecule has 1 saturated heterocycles. The van der Waals surface area contributed by atoms with Crippen LogP contribution in [-0.2, 0) is 10.0 Å². The molecule has 0 amide bonds. The van der Waals surface area contributed by atoms with E-state index >= 15 is 0 Å². The van der Waals surface area contributed by atoms with Gasteiger partial charge >= 0.3 is 0 Å². The van der Waals surface area contributed by atoms with Gasteiger partial charge in [0.15, 0.2) is 0 Å². The van der Waals surface area contributed by atoms with E-state index in [0.29, 0.717) is 17.8 Å². The first-order valence-corrected chi connectivity index (χ1v) is 8.82.